The van der Waals surface area contributed by atoms with E-state index in [0.29, 0.717) is 13.0 Å². The fourth-order valence-electron chi connectivity index (χ4n) is 2.85. The van der Waals surface area contributed by atoms with Crippen LogP contribution in [0.15, 0.2) is 43.0 Å². The van der Waals surface area contributed by atoms with Crippen LogP contribution in [0.5, 0.6) is 0 Å². The lowest BCUT2D eigenvalue weighted by molar-refractivity contribution is 0.173. The number of aromatic nitrogens is 2. The molecule has 5 heteroatoms. The first-order chi connectivity index (χ1) is 9.72. The van der Waals surface area contributed by atoms with Gasteiger partial charge in [-0.15, -0.1) is 0 Å². The molecule has 1 fully saturated rings. The molecule has 20 heavy (non-hydrogen) atoms. The molecule has 0 amide bonds. The lowest BCUT2D eigenvalue weighted by Crippen LogP contribution is -2.28. The van der Waals surface area contributed by atoms with Gasteiger partial charge in [-0.2, -0.15) is 0 Å². The highest BCUT2D eigenvalue weighted by atomic mass is 19.1. The van der Waals surface area contributed by atoms with Gasteiger partial charge in [-0.05, 0) is 24.1 Å². The van der Waals surface area contributed by atoms with Crippen LogP contribution >= 0.6 is 0 Å². The number of hydrogen-bond acceptors (Lipinski definition) is 3. The summed E-state index contributed by atoms with van der Waals surface area (Å²) in [7, 11) is 0. The van der Waals surface area contributed by atoms with Crippen molar-refractivity contribution in [3.63, 3.8) is 0 Å². The molecule has 0 bridgehead atoms. The zero-order valence-electron chi connectivity index (χ0n) is 11.2. The summed E-state index contributed by atoms with van der Waals surface area (Å²) in [6.07, 6.45) is 5.77. The van der Waals surface area contributed by atoms with E-state index in [9.17, 15) is 9.50 Å². The molecule has 0 radical (unpaired) electrons. The topological polar surface area (TPSA) is 41.3 Å². The normalized spacial score (nSPS) is 23.3. The third kappa shape index (κ3) is 2.89. The second-order valence-corrected chi connectivity index (χ2v) is 5.26. The van der Waals surface area contributed by atoms with Gasteiger partial charge >= 0.3 is 0 Å². The van der Waals surface area contributed by atoms with Crippen LogP contribution < -0.4 is 0 Å². The Morgan fingerprint density at radius 2 is 2.25 bits per heavy atom. The summed E-state index contributed by atoms with van der Waals surface area (Å²) in [6.45, 7) is 2.27. The minimum Gasteiger partial charge on any atom is -0.392 e. The second kappa shape index (κ2) is 5.73. The Hall–Kier alpha value is -1.72. The van der Waals surface area contributed by atoms with Crippen LogP contribution in [0.3, 0.4) is 0 Å². The summed E-state index contributed by atoms with van der Waals surface area (Å²) in [4.78, 5) is 6.22. The monoisotopic (exact) mass is 275 g/mol. The van der Waals surface area contributed by atoms with Crippen molar-refractivity contribution in [2.24, 2.45) is 0 Å². The molecule has 3 rings (SSSR count). The van der Waals surface area contributed by atoms with E-state index in [-0.39, 0.29) is 18.0 Å². The van der Waals surface area contributed by atoms with E-state index in [1.165, 1.54) is 6.07 Å². The lowest BCUT2D eigenvalue weighted by Gasteiger charge is -2.24. The number of aliphatic hydroxyl groups excluding tert-OH is 1. The van der Waals surface area contributed by atoms with E-state index in [2.05, 4.69) is 9.88 Å². The third-order valence-electron chi connectivity index (χ3n) is 3.82. The Bertz CT molecular complexity index is 558. The molecule has 2 aromatic rings. The van der Waals surface area contributed by atoms with Gasteiger partial charge in [-0.1, -0.05) is 12.1 Å². The van der Waals surface area contributed by atoms with Crippen LogP contribution in [0.4, 0.5) is 4.39 Å². The van der Waals surface area contributed by atoms with Crippen molar-refractivity contribution in [1.82, 2.24) is 14.5 Å². The van der Waals surface area contributed by atoms with E-state index >= 15 is 0 Å². The number of hydrogen-bond donors (Lipinski definition) is 1. The maximum Gasteiger partial charge on any atom is 0.123 e. The van der Waals surface area contributed by atoms with Crippen LogP contribution in [0, 0.1) is 5.82 Å². The molecule has 0 spiro atoms. The van der Waals surface area contributed by atoms with Crippen molar-refractivity contribution in [2.45, 2.75) is 25.1 Å². The quantitative estimate of drug-likeness (QED) is 0.925. The summed E-state index contributed by atoms with van der Waals surface area (Å²) in [5, 5.41) is 9.90. The highest BCUT2D eigenvalue weighted by Crippen LogP contribution is 2.32. The Morgan fingerprint density at radius 3 is 3.00 bits per heavy atom. The first kappa shape index (κ1) is 13.3. The molecule has 1 aliphatic rings. The average molecular weight is 275 g/mol. The molecule has 1 saturated heterocycles. The SMILES string of the molecule is O[C@H]1C[C@@H](c2cccc(F)c2)N(CCn2ccnc2)C1. The fourth-order valence-corrected chi connectivity index (χ4v) is 2.85. The van der Waals surface area contributed by atoms with Crippen LogP contribution in [-0.2, 0) is 6.54 Å². The molecule has 1 aromatic heterocycles. The Balaban J connectivity index is 1.71. The van der Waals surface area contributed by atoms with Gasteiger partial charge in [0.25, 0.3) is 0 Å². The minimum atomic E-state index is -0.342. The van der Waals surface area contributed by atoms with E-state index in [0.717, 1.165) is 18.7 Å². The van der Waals surface area contributed by atoms with Gasteiger partial charge in [0.15, 0.2) is 0 Å². The molecule has 0 unspecified atom stereocenters. The van der Waals surface area contributed by atoms with Gasteiger partial charge in [0, 0.05) is 38.1 Å². The molecule has 1 aliphatic heterocycles. The number of halogens is 1. The first-order valence-corrected chi connectivity index (χ1v) is 6.85. The van der Waals surface area contributed by atoms with Crippen LogP contribution in [-0.4, -0.2) is 38.8 Å². The van der Waals surface area contributed by atoms with Gasteiger partial charge < -0.3 is 9.67 Å². The predicted molar refractivity (Wildman–Crippen MR) is 73.6 cm³/mol. The largest absolute Gasteiger partial charge is 0.392 e. The smallest absolute Gasteiger partial charge is 0.123 e. The van der Waals surface area contributed by atoms with Gasteiger partial charge in [-0.3, -0.25) is 4.90 Å². The van der Waals surface area contributed by atoms with Gasteiger partial charge in [0.2, 0.25) is 0 Å². The van der Waals surface area contributed by atoms with Crippen molar-refractivity contribution in [2.75, 3.05) is 13.1 Å². The van der Waals surface area contributed by atoms with Crippen LogP contribution in [0.25, 0.3) is 0 Å². The maximum atomic E-state index is 13.4. The molecular weight excluding hydrogens is 257 g/mol. The first-order valence-electron chi connectivity index (χ1n) is 6.85. The zero-order valence-corrected chi connectivity index (χ0v) is 11.2. The number of nitrogens with zero attached hydrogens (tertiary/aromatic N) is 3. The molecule has 1 N–H and O–H groups in total. The molecule has 106 valence electrons. The van der Waals surface area contributed by atoms with Crippen LogP contribution in [0.1, 0.15) is 18.0 Å². The zero-order chi connectivity index (χ0) is 13.9. The number of imidazole rings is 1. The van der Waals surface area contributed by atoms with Crippen molar-refractivity contribution in [3.05, 3.63) is 54.4 Å². The number of benzene rings is 1. The van der Waals surface area contributed by atoms with Crippen molar-refractivity contribution >= 4 is 0 Å². The van der Waals surface area contributed by atoms with E-state index in [1.54, 1.807) is 24.7 Å². The van der Waals surface area contributed by atoms with Gasteiger partial charge in [-0.25, -0.2) is 9.37 Å². The second-order valence-electron chi connectivity index (χ2n) is 5.26. The van der Waals surface area contributed by atoms with Crippen molar-refractivity contribution in [1.29, 1.82) is 0 Å². The molecule has 2 atom stereocenters. The number of β-amino-alcohol motifs (C(OH)–C–C–N with tert-alkyl or cyclic N) is 1. The number of likely N-dealkylation sites (tertiary alicyclic amines) is 1. The van der Waals surface area contributed by atoms with Crippen molar-refractivity contribution in [3.8, 4) is 0 Å². The van der Waals surface area contributed by atoms with Crippen LogP contribution in [0.2, 0.25) is 0 Å². The number of aliphatic hydroxyl groups is 1. The maximum absolute atomic E-state index is 13.4. The molecule has 0 aliphatic carbocycles. The molecule has 4 nitrogen and oxygen atoms in total. The van der Waals surface area contributed by atoms with Crippen molar-refractivity contribution < 1.29 is 9.50 Å². The summed E-state index contributed by atoms with van der Waals surface area (Å²) >= 11 is 0. The fraction of sp³-hybridized carbons (Fsp3) is 0.400. The third-order valence-corrected chi connectivity index (χ3v) is 3.82. The average Bonchev–Trinajstić information content (AvgIpc) is 3.05. The Labute approximate surface area is 117 Å². The van der Waals surface area contributed by atoms with E-state index in [4.69, 9.17) is 0 Å². The van der Waals surface area contributed by atoms with Gasteiger partial charge in [0.05, 0.1) is 12.4 Å². The highest BCUT2D eigenvalue weighted by Gasteiger charge is 2.31. The number of rotatable bonds is 4. The lowest BCUT2D eigenvalue weighted by atomic mass is 10.0. The van der Waals surface area contributed by atoms with Gasteiger partial charge in [0.1, 0.15) is 5.82 Å². The summed E-state index contributed by atoms with van der Waals surface area (Å²) in [6, 6.07) is 6.75. The van der Waals surface area contributed by atoms with E-state index < -0.39 is 0 Å². The highest BCUT2D eigenvalue weighted by molar-refractivity contribution is 5.21. The predicted octanol–water partition coefficient (Wildman–Crippen LogP) is 1.83. The minimum absolute atomic E-state index is 0.0872. The van der Waals surface area contributed by atoms with E-state index in [1.807, 2.05) is 16.8 Å². The summed E-state index contributed by atoms with van der Waals surface area (Å²) < 4.78 is 15.4. The summed E-state index contributed by atoms with van der Waals surface area (Å²) in [5.41, 5.74) is 0.937. The summed E-state index contributed by atoms with van der Waals surface area (Å²) in [5.74, 6) is -0.224. The molecule has 1 aromatic carbocycles. The standard InChI is InChI=1S/C15H18FN3O/c16-13-3-1-2-12(8-13)15-9-14(20)10-19(15)7-6-18-5-4-17-11-18/h1-5,8,11,14-15,20H,6-7,9-10H2/t14-,15-/m0/s1. The molecule has 2 heterocycles. The molecular formula is C15H18FN3O. The Morgan fingerprint density at radius 1 is 1.35 bits per heavy atom. The molecule has 0 saturated carbocycles. The Kier molecular flexibility index (Phi) is 3.80.